The summed E-state index contributed by atoms with van der Waals surface area (Å²) >= 11 is 0.701. The van der Waals surface area contributed by atoms with Crippen LogP contribution in [0.15, 0.2) is 35.2 Å². The zero-order chi connectivity index (χ0) is 23.0. The van der Waals surface area contributed by atoms with Gasteiger partial charge in [0.1, 0.15) is 24.1 Å². The van der Waals surface area contributed by atoms with Gasteiger partial charge >= 0.3 is 13.1 Å². The molecule has 1 fully saturated rings. The summed E-state index contributed by atoms with van der Waals surface area (Å²) in [5.41, 5.74) is -1.13. The van der Waals surface area contributed by atoms with Crippen molar-refractivity contribution < 1.29 is 32.0 Å². The molecule has 0 atom stereocenters. The van der Waals surface area contributed by atoms with Crippen molar-refractivity contribution in [1.82, 2.24) is 0 Å². The second-order valence-corrected chi connectivity index (χ2v) is 9.01. The summed E-state index contributed by atoms with van der Waals surface area (Å²) in [6.07, 6.45) is 0. The van der Waals surface area contributed by atoms with Gasteiger partial charge in [0.2, 0.25) is 0 Å². The lowest BCUT2D eigenvalue weighted by atomic mass is 9.78. The number of ether oxygens (including phenoxy) is 1. The molecule has 0 radical (unpaired) electrons. The third-order valence-electron chi connectivity index (χ3n) is 5.32. The highest BCUT2D eigenvalue weighted by Gasteiger charge is 2.52. The number of carbonyl (C=O) groups excluding carboxylic acids is 1. The molecule has 5 nitrogen and oxygen atoms in total. The molecule has 1 aliphatic heterocycles. The van der Waals surface area contributed by atoms with E-state index in [1.807, 2.05) is 27.7 Å². The number of anilines is 1. The van der Waals surface area contributed by atoms with Crippen LogP contribution in [0.2, 0.25) is 0 Å². The summed E-state index contributed by atoms with van der Waals surface area (Å²) in [6.45, 7) is 8.22. The van der Waals surface area contributed by atoms with Crippen molar-refractivity contribution in [3.05, 3.63) is 53.3 Å². The maximum absolute atomic E-state index is 15.1. The quantitative estimate of drug-likeness (QED) is 0.393. The Balaban J connectivity index is 1.79. The van der Waals surface area contributed by atoms with Crippen LogP contribution in [0.5, 0.6) is 0 Å². The second-order valence-electron chi connectivity index (χ2n) is 8.16. The monoisotopic (exact) mass is 453 g/mol. The number of rotatable bonds is 6. The molecule has 0 amide bonds. The minimum absolute atomic E-state index is 0.0578. The Morgan fingerprint density at radius 1 is 1.10 bits per heavy atom. The molecule has 0 bridgehead atoms. The first-order valence-electron chi connectivity index (χ1n) is 9.59. The van der Waals surface area contributed by atoms with E-state index in [1.54, 1.807) is 12.1 Å². The molecule has 1 N–H and O–H groups in total. The largest absolute Gasteiger partial charge is 0.497 e. The number of hydrogen-bond donors (Lipinski definition) is 1. The number of benzene rings is 2. The molecule has 0 spiro atoms. The van der Waals surface area contributed by atoms with Crippen molar-refractivity contribution >= 4 is 36.2 Å². The van der Waals surface area contributed by atoms with Gasteiger partial charge < -0.3 is 18.8 Å². The van der Waals surface area contributed by atoms with Crippen molar-refractivity contribution in [3.8, 4) is 0 Å². The van der Waals surface area contributed by atoms with E-state index in [9.17, 15) is 13.6 Å². The Hall–Kier alpha value is -2.17. The van der Waals surface area contributed by atoms with E-state index in [2.05, 4.69) is 4.72 Å². The molecule has 0 aliphatic carbocycles. The predicted octanol–water partition coefficient (Wildman–Crippen LogP) is 4.59. The molecule has 2 aromatic rings. The summed E-state index contributed by atoms with van der Waals surface area (Å²) in [7, 11) is -0.905. The van der Waals surface area contributed by atoms with Gasteiger partial charge in [-0.15, -0.1) is 0 Å². The lowest BCUT2D eigenvalue weighted by Gasteiger charge is -2.32. The minimum atomic E-state index is -0.905. The van der Waals surface area contributed by atoms with Gasteiger partial charge in [-0.05, 0) is 57.8 Å². The van der Waals surface area contributed by atoms with Crippen LogP contribution in [-0.2, 0) is 25.4 Å². The van der Waals surface area contributed by atoms with Gasteiger partial charge in [0, 0.05) is 17.9 Å². The molecule has 166 valence electrons. The lowest BCUT2D eigenvalue weighted by molar-refractivity contribution is -0.142. The van der Waals surface area contributed by atoms with Gasteiger partial charge in [0.05, 0.1) is 21.8 Å². The Labute approximate surface area is 183 Å². The van der Waals surface area contributed by atoms with Crippen molar-refractivity contribution in [2.75, 3.05) is 4.72 Å². The SMILES string of the molecule is CC(=O)OCc1cc(F)cc(SNc2cccc(B3OC(C)(C)C(C)(C)O3)c2F)c1F. The van der Waals surface area contributed by atoms with E-state index in [0.717, 1.165) is 12.1 Å². The fourth-order valence-corrected chi connectivity index (χ4v) is 3.64. The third kappa shape index (κ3) is 5.02. The number of nitrogens with one attached hydrogen (secondary N) is 1. The fraction of sp³-hybridized carbons (Fsp3) is 0.381. The molecule has 1 aliphatic rings. The first kappa shape index (κ1) is 23.5. The number of halogens is 3. The molecule has 31 heavy (non-hydrogen) atoms. The topological polar surface area (TPSA) is 56.8 Å². The minimum Gasteiger partial charge on any atom is -0.461 e. The summed E-state index contributed by atoms with van der Waals surface area (Å²) < 4.78 is 62.9. The van der Waals surface area contributed by atoms with Crippen molar-refractivity contribution in [2.24, 2.45) is 0 Å². The molecule has 1 heterocycles. The highest BCUT2D eigenvalue weighted by molar-refractivity contribution is 8.00. The van der Waals surface area contributed by atoms with Crippen LogP contribution in [0.4, 0.5) is 18.9 Å². The zero-order valence-corrected chi connectivity index (χ0v) is 18.7. The zero-order valence-electron chi connectivity index (χ0n) is 17.8. The van der Waals surface area contributed by atoms with Crippen LogP contribution in [0, 0.1) is 17.5 Å². The molecular weight excluding hydrogens is 430 g/mol. The molecule has 3 rings (SSSR count). The summed E-state index contributed by atoms with van der Waals surface area (Å²) in [4.78, 5) is 10.8. The van der Waals surface area contributed by atoms with Gasteiger partial charge in [-0.3, -0.25) is 4.79 Å². The van der Waals surface area contributed by atoms with Crippen LogP contribution < -0.4 is 10.2 Å². The van der Waals surface area contributed by atoms with Crippen LogP contribution in [-0.4, -0.2) is 24.3 Å². The Bertz CT molecular complexity index is 987. The predicted molar refractivity (Wildman–Crippen MR) is 113 cm³/mol. The van der Waals surface area contributed by atoms with Crippen molar-refractivity contribution in [1.29, 1.82) is 0 Å². The molecule has 0 unspecified atom stereocenters. The standard InChI is InChI=1S/C21H23BF3NO4S/c1-12(27)28-11-13-9-14(23)10-17(18(13)24)31-26-16-8-6-7-15(19(16)25)22-29-20(2,3)21(4,5)30-22/h6-10,26H,11H2,1-5H3. The van der Waals surface area contributed by atoms with Crippen molar-refractivity contribution in [3.63, 3.8) is 0 Å². The van der Waals surface area contributed by atoms with E-state index in [0.29, 0.717) is 11.9 Å². The first-order valence-corrected chi connectivity index (χ1v) is 10.4. The van der Waals surface area contributed by atoms with Crippen LogP contribution in [0.25, 0.3) is 0 Å². The molecule has 0 aromatic heterocycles. The Morgan fingerprint density at radius 2 is 1.74 bits per heavy atom. The molecule has 10 heteroatoms. The van der Waals surface area contributed by atoms with Crippen LogP contribution >= 0.6 is 11.9 Å². The van der Waals surface area contributed by atoms with Crippen molar-refractivity contribution in [2.45, 2.75) is 57.3 Å². The van der Waals surface area contributed by atoms with Gasteiger partial charge in [0.15, 0.2) is 0 Å². The van der Waals surface area contributed by atoms with E-state index in [1.165, 1.54) is 13.0 Å². The number of hydrogen-bond acceptors (Lipinski definition) is 6. The van der Waals surface area contributed by atoms with E-state index in [4.69, 9.17) is 14.0 Å². The number of carbonyl (C=O) groups is 1. The highest BCUT2D eigenvalue weighted by Crippen LogP contribution is 2.37. The molecule has 0 saturated carbocycles. The maximum atomic E-state index is 15.1. The van der Waals surface area contributed by atoms with Gasteiger partial charge in [0.25, 0.3) is 0 Å². The van der Waals surface area contributed by atoms with Gasteiger partial charge in [-0.2, -0.15) is 0 Å². The molecular formula is C21H23BF3NO4S. The summed E-state index contributed by atoms with van der Waals surface area (Å²) in [5.74, 6) is -2.70. The lowest BCUT2D eigenvalue weighted by Crippen LogP contribution is -2.41. The molecule has 1 saturated heterocycles. The Morgan fingerprint density at radius 3 is 2.35 bits per heavy atom. The smallest absolute Gasteiger partial charge is 0.461 e. The highest BCUT2D eigenvalue weighted by atomic mass is 32.2. The van der Waals surface area contributed by atoms with Crippen LogP contribution in [0.3, 0.4) is 0 Å². The average molecular weight is 453 g/mol. The van der Waals surface area contributed by atoms with E-state index < -0.39 is 48.3 Å². The maximum Gasteiger partial charge on any atom is 0.497 e. The van der Waals surface area contributed by atoms with E-state index >= 15 is 4.39 Å². The van der Waals surface area contributed by atoms with Gasteiger partial charge in [-0.25, -0.2) is 13.2 Å². The summed E-state index contributed by atoms with van der Waals surface area (Å²) in [5, 5.41) is 0. The van der Waals surface area contributed by atoms with Crippen LogP contribution in [0.1, 0.15) is 40.2 Å². The first-order chi connectivity index (χ1) is 14.4. The molecule has 2 aromatic carbocycles. The fourth-order valence-electron chi connectivity index (χ4n) is 2.87. The van der Waals surface area contributed by atoms with E-state index in [-0.39, 0.29) is 21.6 Å². The normalized spacial score (nSPS) is 17.0. The second kappa shape index (κ2) is 8.76. The Kier molecular flexibility index (Phi) is 6.64. The summed E-state index contributed by atoms with van der Waals surface area (Å²) in [6, 6.07) is 6.55. The average Bonchev–Trinajstić information content (AvgIpc) is 2.88. The third-order valence-corrected chi connectivity index (χ3v) is 6.16. The van der Waals surface area contributed by atoms with Gasteiger partial charge in [-0.1, -0.05) is 12.1 Å². The number of esters is 1.